The standard InChI is InChI=1S/C17H21N3OS/c1-11(2)16(21)18-10-14-15(13-6-4-12(3)5-7-13)19-17-20(14)8-9-22-17/h4-7,11H,8-10H2,1-3H3,(H,18,21). The Bertz CT molecular complexity index is 689. The summed E-state index contributed by atoms with van der Waals surface area (Å²) in [6.07, 6.45) is 0. The van der Waals surface area contributed by atoms with E-state index in [2.05, 4.69) is 41.1 Å². The van der Waals surface area contributed by atoms with Gasteiger partial charge in [-0.25, -0.2) is 4.98 Å². The predicted molar refractivity (Wildman–Crippen MR) is 89.8 cm³/mol. The van der Waals surface area contributed by atoms with Crippen molar-refractivity contribution in [3.05, 3.63) is 35.5 Å². The Morgan fingerprint density at radius 3 is 2.77 bits per heavy atom. The Hall–Kier alpha value is -1.75. The first-order valence-corrected chi connectivity index (χ1v) is 8.62. The van der Waals surface area contributed by atoms with E-state index in [4.69, 9.17) is 4.98 Å². The van der Waals surface area contributed by atoms with Crippen LogP contribution >= 0.6 is 11.8 Å². The van der Waals surface area contributed by atoms with Gasteiger partial charge in [0.15, 0.2) is 5.16 Å². The molecule has 1 aromatic carbocycles. The van der Waals surface area contributed by atoms with E-state index in [0.717, 1.165) is 34.4 Å². The summed E-state index contributed by atoms with van der Waals surface area (Å²) in [4.78, 5) is 16.7. The maximum Gasteiger partial charge on any atom is 0.222 e. The fourth-order valence-electron chi connectivity index (χ4n) is 2.53. The molecule has 0 atom stereocenters. The lowest BCUT2D eigenvalue weighted by Crippen LogP contribution is -2.28. The number of carbonyl (C=O) groups excluding carboxylic acids is 1. The molecule has 0 unspecified atom stereocenters. The SMILES string of the molecule is Cc1ccc(-c2nc3n(c2CNC(=O)C(C)C)CCS3)cc1. The number of nitrogens with zero attached hydrogens (tertiary/aromatic N) is 2. The van der Waals surface area contributed by atoms with Crippen LogP contribution in [0.3, 0.4) is 0 Å². The van der Waals surface area contributed by atoms with Gasteiger partial charge in [-0.15, -0.1) is 0 Å². The first-order valence-electron chi connectivity index (χ1n) is 7.63. The largest absolute Gasteiger partial charge is 0.350 e. The highest BCUT2D eigenvalue weighted by molar-refractivity contribution is 7.99. The minimum absolute atomic E-state index is 0.00169. The van der Waals surface area contributed by atoms with Crippen LogP contribution in [0, 0.1) is 12.8 Å². The van der Waals surface area contributed by atoms with Gasteiger partial charge >= 0.3 is 0 Å². The summed E-state index contributed by atoms with van der Waals surface area (Å²) in [5.41, 5.74) is 4.45. The molecule has 1 aromatic heterocycles. The number of rotatable bonds is 4. The minimum Gasteiger partial charge on any atom is -0.350 e. The van der Waals surface area contributed by atoms with E-state index in [1.807, 2.05) is 13.8 Å². The quantitative estimate of drug-likeness (QED) is 0.942. The second kappa shape index (κ2) is 6.16. The molecule has 22 heavy (non-hydrogen) atoms. The van der Waals surface area contributed by atoms with Gasteiger partial charge in [0.25, 0.3) is 0 Å². The van der Waals surface area contributed by atoms with Crippen LogP contribution in [0.15, 0.2) is 29.4 Å². The lowest BCUT2D eigenvalue weighted by molar-refractivity contribution is -0.124. The zero-order valence-corrected chi connectivity index (χ0v) is 14.0. The lowest BCUT2D eigenvalue weighted by Gasteiger charge is -2.11. The average Bonchev–Trinajstić information content (AvgIpc) is 3.06. The van der Waals surface area contributed by atoms with Crippen LogP contribution < -0.4 is 5.32 Å². The van der Waals surface area contributed by atoms with E-state index in [9.17, 15) is 4.79 Å². The van der Waals surface area contributed by atoms with Crippen molar-refractivity contribution in [1.29, 1.82) is 0 Å². The number of thioether (sulfide) groups is 1. The Morgan fingerprint density at radius 2 is 2.09 bits per heavy atom. The molecule has 1 aliphatic heterocycles. The molecule has 116 valence electrons. The molecule has 1 N–H and O–H groups in total. The van der Waals surface area contributed by atoms with Gasteiger partial charge in [0.05, 0.1) is 17.9 Å². The molecular weight excluding hydrogens is 294 g/mol. The van der Waals surface area contributed by atoms with Crippen molar-refractivity contribution in [3.8, 4) is 11.3 Å². The van der Waals surface area contributed by atoms with Crippen LogP contribution in [0.5, 0.6) is 0 Å². The number of imidazole rings is 1. The summed E-state index contributed by atoms with van der Waals surface area (Å²) >= 11 is 1.78. The number of fused-ring (bicyclic) bond motifs is 1. The number of nitrogens with one attached hydrogen (secondary N) is 1. The van der Waals surface area contributed by atoms with Crippen molar-refractivity contribution in [3.63, 3.8) is 0 Å². The Labute approximate surface area is 135 Å². The zero-order valence-electron chi connectivity index (χ0n) is 13.2. The molecule has 1 aliphatic rings. The third-order valence-electron chi connectivity index (χ3n) is 3.86. The van der Waals surface area contributed by atoms with Crippen LogP contribution in [-0.4, -0.2) is 21.2 Å². The van der Waals surface area contributed by atoms with E-state index in [1.54, 1.807) is 11.8 Å². The van der Waals surface area contributed by atoms with Crippen molar-refractivity contribution >= 4 is 17.7 Å². The smallest absolute Gasteiger partial charge is 0.222 e. The summed E-state index contributed by atoms with van der Waals surface area (Å²) < 4.78 is 2.24. The molecule has 0 saturated carbocycles. The van der Waals surface area contributed by atoms with Crippen LogP contribution in [0.4, 0.5) is 0 Å². The van der Waals surface area contributed by atoms with Crippen LogP contribution in [0.2, 0.25) is 0 Å². The highest BCUT2D eigenvalue weighted by Gasteiger charge is 2.23. The number of hydrogen-bond acceptors (Lipinski definition) is 3. The lowest BCUT2D eigenvalue weighted by atomic mass is 10.1. The van der Waals surface area contributed by atoms with E-state index in [0.29, 0.717) is 6.54 Å². The minimum atomic E-state index is -0.00169. The van der Waals surface area contributed by atoms with Crippen LogP contribution in [0.25, 0.3) is 11.3 Å². The number of carbonyl (C=O) groups is 1. The normalized spacial score (nSPS) is 13.5. The molecule has 0 aliphatic carbocycles. The van der Waals surface area contributed by atoms with E-state index >= 15 is 0 Å². The van der Waals surface area contributed by atoms with Crippen molar-refractivity contribution in [2.24, 2.45) is 5.92 Å². The zero-order chi connectivity index (χ0) is 15.7. The molecule has 3 rings (SSSR count). The summed E-state index contributed by atoms with van der Waals surface area (Å²) in [5, 5.41) is 4.09. The van der Waals surface area contributed by atoms with Gasteiger partial charge in [-0.1, -0.05) is 55.4 Å². The highest BCUT2D eigenvalue weighted by Crippen LogP contribution is 2.33. The summed E-state index contributed by atoms with van der Waals surface area (Å²) in [6.45, 7) is 7.40. The number of benzene rings is 1. The summed E-state index contributed by atoms with van der Waals surface area (Å²) in [6, 6.07) is 8.41. The molecule has 1 amide bonds. The average molecular weight is 315 g/mol. The van der Waals surface area contributed by atoms with Crippen molar-refractivity contribution in [2.45, 2.75) is 39.0 Å². The first kappa shape index (κ1) is 15.2. The molecule has 4 nitrogen and oxygen atoms in total. The number of aryl methyl sites for hydroxylation is 1. The van der Waals surface area contributed by atoms with Crippen molar-refractivity contribution in [1.82, 2.24) is 14.9 Å². The van der Waals surface area contributed by atoms with Gasteiger partial charge in [-0.05, 0) is 6.92 Å². The molecule has 0 fully saturated rings. The van der Waals surface area contributed by atoms with Crippen molar-refractivity contribution < 1.29 is 4.79 Å². The molecule has 0 spiro atoms. The number of hydrogen-bond donors (Lipinski definition) is 1. The van der Waals surface area contributed by atoms with E-state index in [-0.39, 0.29) is 11.8 Å². The molecule has 0 bridgehead atoms. The van der Waals surface area contributed by atoms with Crippen LogP contribution in [-0.2, 0) is 17.9 Å². The summed E-state index contributed by atoms with van der Waals surface area (Å²) in [7, 11) is 0. The number of amides is 1. The van der Waals surface area contributed by atoms with Gasteiger partial charge in [0, 0.05) is 23.8 Å². The monoisotopic (exact) mass is 315 g/mol. The highest BCUT2D eigenvalue weighted by atomic mass is 32.2. The molecule has 0 radical (unpaired) electrons. The fourth-order valence-corrected chi connectivity index (χ4v) is 3.50. The van der Waals surface area contributed by atoms with Gasteiger partial charge < -0.3 is 9.88 Å². The van der Waals surface area contributed by atoms with E-state index < -0.39 is 0 Å². The van der Waals surface area contributed by atoms with Gasteiger partial charge in [0.1, 0.15) is 0 Å². The van der Waals surface area contributed by atoms with Crippen molar-refractivity contribution in [2.75, 3.05) is 5.75 Å². The second-order valence-electron chi connectivity index (χ2n) is 5.93. The van der Waals surface area contributed by atoms with Gasteiger partial charge in [-0.2, -0.15) is 0 Å². The maximum atomic E-state index is 11.9. The topological polar surface area (TPSA) is 46.9 Å². The second-order valence-corrected chi connectivity index (χ2v) is 6.99. The van der Waals surface area contributed by atoms with Crippen LogP contribution in [0.1, 0.15) is 25.1 Å². The molecule has 2 aromatic rings. The molecule has 5 heteroatoms. The Morgan fingerprint density at radius 1 is 1.36 bits per heavy atom. The first-order chi connectivity index (χ1) is 10.6. The third kappa shape index (κ3) is 2.90. The Balaban J connectivity index is 1.93. The Kier molecular flexibility index (Phi) is 4.25. The molecule has 2 heterocycles. The molecule has 0 saturated heterocycles. The third-order valence-corrected chi connectivity index (χ3v) is 4.82. The summed E-state index contributed by atoms with van der Waals surface area (Å²) in [5.74, 6) is 1.14. The van der Waals surface area contributed by atoms with E-state index in [1.165, 1.54) is 5.56 Å². The predicted octanol–water partition coefficient (Wildman–Crippen LogP) is 3.24. The maximum absolute atomic E-state index is 11.9. The van der Waals surface area contributed by atoms with Gasteiger partial charge in [-0.3, -0.25) is 4.79 Å². The van der Waals surface area contributed by atoms with Gasteiger partial charge in [0.2, 0.25) is 5.91 Å². The molecular formula is C17H21N3OS. The fraction of sp³-hybridized carbons (Fsp3) is 0.412. The number of aromatic nitrogens is 2.